The van der Waals surface area contributed by atoms with Crippen molar-refractivity contribution in [1.29, 1.82) is 0 Å². The maximum atomic E-state index is 12.0. The van der Waals surface area contributed by atoms with Crippen molar-refractivity contribution in [2.75, 3.05) is 0 Å². The molecule has 0 aliphatic heterocycles. The zero-order valence-corrected chi connectivity index (χ0v) is 13.6. The number of nitrogens with zero attached hydrogens (tertiary/aromatic N) is 1. The van der Waals surface area contributed by atoms with Gasteiger partial charge in [-0.1, -0.05) is 59.6 Å². The van der Waals surface area contributed by atoms with E-state index in [1.165, 1.54) is 6.08 Å². The minimum atomic E-state index is -3.90. The van der Waals surface area contributed by atoms with Crippen LogP contribution in [-0.4, -0.2) is 14.3 Å². The first-order valence-corrected chi connectivity index (χ1v) is 8.43. The van der Waals surface area contributed by atoms with Gasteiger partial charge in [0.1, 0.15) is 5.84 Å². The first-order valence-electron chi connectivity index (χ1n) is 6.17. The summed E-state index contributed by atoms with van der Waals surface area (Å²) in [5.74, 6) is -0.0875. The molecule has 0 bridgehead atoms. The van der Waals surface area contributed by atoms with Crippen molar-refractivity contribution in [1.82, 2.24) is 0 Å². The fraction of sp³-hybridized carbons (Fsp3) is 0. The molecule has 0 saturated heterocycles. The Morgan fingerprint density at radius 3 is 2.18 bits per heavy atom. The summed E-state index contributed by atoms with van der Waals surface area (Å²) in [5, 5.41) is 1.61. The summed E-state index contributed by atoms with van der Waals surface area (Å²) in [6.45, 7) is 0. The molecule has 7 heteroatoms. The Kier molecular flexibility index (Phi) is 5.24. The quantitative estimate of drug-likeness (QED) is 0.671. The fourth-order valence-corrected chi connectivity index (χ4v) is 2.93. The van der Waals surface area contributed by atoms with Gasteiger partial charge in [0.05, 0.1) is 5.41 Å². The predicted octanol–water partition coefficient (Wildman–Crippen LogP) is 3.70. The van der Waals surface area contributed by atoms with Gasteiger partial charge in [0, 0.05) is 21.2 Å². The lowest BCUT2D eigenvalue weighted by molar-refractivity contribution is 0.606. The van der Waals surface area contributed by atoms with E-state index in [0.717, 1.165) is 5.41 Å². The molecule has 22 heavy (non-hydrogen) atoms. The highest BCUT2D eigenvalue weighted by Crippen LogP contribution is 2.25. The molecule has 0 amide bonds. The summed E-state index contributed by atoms with van der Waals surface area (Å²) in [4.78, 5) is 0. The molecule has 0 aliphatic carbocycles. The van der Waals surface area contributed by atoms with Gasteiger partial charge in [-0.2, -0.15) is 8.42 Å². The van der Waals surface area contributed by atoms with Gasteiger partial charge >= 0.3 is 0 Å². The van der Waals surface area contributed by atoms with E-state index in [1.807, 2.05) is 0 Å². The fourth-order valence-electron chi connectivity index (χ4n) is 1.65. The minimum Gasteiger partial charge on any atom is -0.383 e. The van der Waals surface area contributed by atoms with Gasteiger partial charge in [0.25, 0.3) is 10.0 Å². The third-order valence-corrected chi connectivity index (χ3v) is 4.29. The molecule has 114 valence electrons. The predicted molar refractivity (Wildman–Crippen MR) is 91.6 cm³/mol. The second-order valence-corrected chi connectivity index (χ2v) is 6.59. The van der Waals surface area contributed by atoms with Gasteiger partial charge in [-0.15, -0.1) is 4.40 Å². The SMILES string of the molecule is N/C(=N/S(=O)(=O)/C=C/c1c(Cl)cccc1Cl)c1ccccc1. The Morgan fingerprint density at radius 1 is 1.00 bits per heavy atom. The molecular formula is C15H12Cl2N2O2S. The largest absolute Gasteiger partial charge is 0.383 e. The lowest BCUT2D eigenvalue weighted by atomic mass is 10.2. The molecule has 0 saturated carbocycles. The van der Waals surface area contributed by atoms with Crippen LogP contribution in [0.1, 0.15) is 11.1 Å². The molecule has 4 nitrogen and oxygen atoms in total. The Morgan fingerprint density at radius 2 is 1.59 bits per heavy atom. The summed E-state index contributed by atoms with van der Waals surface area (Å²) in [6.07, 6.45) is 1.29. The number of amidine groups is 1. The normalized spacial score (nSPS) is 12.7. The maximum Gasteiger partial charge on any atom is 0.277 e. The van der Waals surface area contributed by atoms with Crippen LogP contribution in [0.5, 0.6) is 0 Å². The second-order valence-electron chi connectivity index (χ2n) is 4.30. The average molecular weight is 355 g/mol. The topological polar surface area (TPSA) is 72.5 Å². The van der Waals surface area contributed by atoms with E-state index in [4.69, 9.17) is 28.9 Å². The van der Waals surface area contributed by atoms with Crippen LogP contribution in [0.2, 0.25) is 10.0 Å². The first-order chi connectivity index (χ1) is 10.4. The lowest BCUT2D eigenvalue weighted by Crippen LogP contribution is -2.15. The highest BCUT2D eigenvalue weighted by Gasteiger charge is 2.08. The highest BCUT2D eigenvalue weighted by atomic mass is 35.5. The van der Waals surface area contributed by atoms with Crippen molar-refractivity contribution in [2.45, 2.75) is 0 Å². The second kappa shape index (κ2) is 6.96. The van der Waals surface area contributed by atoms with Crippen LogP contribution in [0, 0.1) is 0 Å². The van der Waals surface area contributed by atoms with Gasteiger partial charge in [-0.3, -0.25) is 0 Å². The van der Waals surface area contributed by atoms with Gasteiger partial charge in [-0.25, -0.2) is 0 Å². The number of rotatable bonds is 4. The monoisotopic (exact) mass is 354 g/mol. The number of hydrogen-bond donors (Lipinski definition) is 1. The van der Waals surface area contributed by atoms with Crippen LogP contribution in [-0.2, 0) is 10.0 Å². The summed E-state index contributed by atoms with van der Waals surface area (Å²) in [5.41, 5.74) is 6.62. The summed E-state index contributed by atoms with van der Waals surface area (Å²) < 4.78 is 27.5. The Bertz CT molecular complexity index is 812. The van der Waals surface area contributed by atoms with E-state index >= 15 is 0 Å². The van der Waals surface area contributed by atoms with Crippen LogP contribution in [0.3, 0.4) is 0 Å². The summed E-state index contributed by atoms with van der Waals surface area (Å²) in [6, 6.07) is 13.5. The lowest BCUT2D eigenvalue weighted by Gasteiger charge is -2.01. The number of nitrogens with two attached hydrogens (primary N) is 1. The van der Waals surface area contributed by atoms with Crippen molar-refractivity contribution in [2.24, 2.45) is 10.1 Å². The molecule has 0 heterocycles. The van der Waals surface area contributed by atoms with Crippen molar-refractivity contribution in [3.63, 3.8) is 0 Å². The number of halogens is 2. The Hall–Kier alpha value is -1.82. The van der Waals surface area contributed by atoms with Crippen LogP contribution in [0.15, 0.2) is 58.3 Å². The van der Waals surface area contributed by atoms with Gasteiger partial charge in [0.2, 0.25) is 0 Å². The van der Waals surface area contributed by atoms with Crippen LogP contribution >= 0.6 is 23.2 Å². The molecule has 2 rings (SSSR count). The van der Waals surface area contributed by atoms with E-state index < -0.39 is 10.0 Å². The zero-order chi connectivity index (χ0) is 16.2. The number of hydrogen-bond acceptors (Lipinski definition) is 2. The summed E-state index contributed by atoms with van der Waals surface area (Å²) in [7, 11) is -3.90. The molecule has 0 radical (unpaired) electrons. The van der Waals surface area contributed by atoms with Crippen LogP contribution in [0.25, 0.3) is 6.08 Å². The molecule has 0 fully saturated rings. The third kappa shape index (κ3) is 4.34. The van der Waals surface area contributed by atoms with E-state index in [9.17, 15) is 8.42 Å². The Labute approximate surface area is 138 Å². The molecule has 0 atom stereocenters. The average Bonchev–Trinajstić information content (AvgIpc) is 2.47. The van der Waals surface area contributed by atoms with Crippen molar-refractivity contribution in [3.05, 3.63) is 75.1 Å². The third-order valence-electron chi connectivity index (χ3n) is 2.70. The molecule has 2 N–H and O–H groups in total. The standard InChI is InChI=1S/C15H12Cl2N2O2S/c16-13-7-4-8-14(17)12(13)9-10-22(20,21)19-15(18)11-5-2-1-3-6-11/h1-10H,(H2,18,19)/b10-9+. The number of benzene rings is 2. The van der Waals surface area contributed by atoms with Crippen LogP contribution < -0.4 is 5.73 Å². The van der Waals surface area contributed by atoms with Gasteiger partial charge in [-0.05, 0) is 18.2 Å². The number of sulfonamides is 1. The minimum absolute atomic E-state index is 0.0875. The van der Waals surface area contributed by atoms with E-state index in [2.05, 4.69) is 4.40 Å². The molecule has 2 aromatic carbocycles. The first kappa shape index (κ1) is 16.5. The zero-order valence-electron chi connectivity index (χ0n) is 11.3. The van der Waals surface area contributed by atoms with Crippen molar-refractivity contribution < 1.29 is 8.42 Å². The molecular weight excluding hydrogens is 343 g/mol. The van der Waals surface area contributed by atoms with Gasteiger partial charge in [0.15, 0.2) is 0 Å². The highest BCUT2D eigenvalue weighted by molar-refractivity contribution is 7.93. The van der Waals surface area contributed by atoms with Crippen LogP contribution in [0.4, 0.5) is 0 Å². The van der Waals surface area contributed by atoms with Crippen molar-refractivity contribution >= 4 is 45.1 Å². The smallest absolute Gasteiger partial charge is 0.277 e. The molecule has 0 aromatic heterocycles. The summed E-state index contributed by atoms with van der Waals surface area (Å²) >= 11 is 11.9. The molecule has 2 aromatic rings. The van der Waals surface area contributed by atoms with E-state index in [0.29, 0.717) is 21.2 Å². The molecule has 0 aliphatic rings. The maximum absolute atomic E-state index is 12.0. The van der Waals surface area contributed by atoms with E-state index in [1.54, 1.807) is 48.5 Å². The Balaban J connectivity index is 2.30. The van der Waals surface area contributed by atoms with Gasteiger partial charge < -0.3 is 5.73 Å². The van der Waals surface area contributed by atoms with E-state index in [-0.39, 0.29) is 5.84 Å². The van der Waals surface area contributed by atoms with Crippen molar-refractivity contribution in [3.8, 4) is 0 Å². The molecule has 0 spiro atoms. The molecule has 0 unspecified atom stereocenters.